The zero-order valence-electron chi connectivity index (χ0n) is 12.7. The maximum Gasteiger partial charge on any atom is 0.251 e. The lowest BCUT2D eigenvalue weighted by molar-refractivity contribution is 0.0936. The minimum absolute atomic E-state index is 0.00369. The van der Waals surface area contributed by atoms with Crippen LogP contribution in [0.3, 0.4) is 0 Å². The highest BCUT2D eigenvalue weighted by atomic mass is 32.2. The molecule has 0 spiro atoms. The summed E-state index contributed by atoms with van der Waals surface area (Å²) in [5, 5.41) is 8.06. The number of carbonyl (C=O) groups is 1. The molecule has 23 heavy (non-hydrogen) atoms. The smallest absolute Gasteiger partial charge is 0.251 e. The number of carbonyl (C=O) groups excluding carboxylic acids is 1. The zero-order valence-corrected chi connectivity index (χ0v) is 13.6. The second-order valence-electron chi connectivity index (χ2n) is 5.84. The fourth-order valence-electron chi connectivity index (χ4n) is 2.93. The summed E-state index contributed by atoms with van der Waals surface area (Å²) in [6, 6.07) is 11.9. The van der Waals surface area contributed by atoms with Crippen molar-refractivity contribution >= 4 is 15.9 Å². The largest absolute Gasteiger partial charge is 0.345 e. The van der Waals surface area contributed by atoms with Crippen LogP contribution in [0.2, 0.25) is 0 Å². The molecule has 6 heteroatoms. The Balaban J connectivity index is 1.76. The Labute approximate surface area is 135 Å². The fourth-order valence-corrected chi connectivity index (χ4v) is 3.45. The van der Waals surface area contributed by atoms with Crippen molar-refractivity contribution in [3.8, 4) is 0 Å². The van der Waals surface area contributed by atoms with E-state index in [-0.39, 0.29) is 16.8 Å². The van der Waals surface area contributed by atoms with Crippen molar-refractivity contribution in [1.82, 2.24) is 5.32 Å². The SMILES string of the molecule is Cc1ccc2c(c1)CC[C@H]2NC(=O)c1ccc(S(N)(=O)=O)cc1. The van der Waals surface area contributed by atoms with Crippen LogP contribution in [0.15, 0.2) is 47.4 Å². The summed E-state index contributed by atoms with van der Waals surface area (Å²) in [5.74, 6) is -0.218. The lowest BCUT2D eigenvalue weighted by Gasteiger charge is -2.14. The number of amides is 1. The maximum absolute atomic E-state index is 12.3. The van der Waals surface area contributed by atoms with Crippen molar-refractivity contribution in [2.75, 3.05) is 0 Å². The van der Waals surface area contributed by atoms with Crippen molar-refractivity contribution in [3.05, 3.63) is 64.7 Å². The summed E-state index contributed by atoms with van der Waals surface area (Å²) in [6.45, 7) is 2.05. The molecule has 5 nitrogen and oxygen atoms in total. The standard InChI is InChI=1S/C17H18N2O3S/c1-11-2-8-15-13(10-11)5-9-16(15)19-17(20)12-3-6-14(7-4-12)23(18,21)22/h2-4,6-8,10,16H,5,9H2,1H3,(H,19,20)(H2,18,21,22)/t16-/m1/s1. The maximum atomic E-state index is 12.3. The van der Waals surface area contributed by atoms with Gasteiger partial charge in [0.25, 0.3) is 5.91 Å². The topological polar surface area (TPSA) is 89.3 Å². The summed E-state index contributed by atoms with van der Waals surface area (Å²) in [4.78, 5) is 12.3. The monoisotopic (exact) mass is 330 g/mol. The number of primary sulfonamides is 1. The van der Waals surface area contributed by atoms with Gasteiger partial charge in [-0.25, -0.2) is 13.6 Å². The molecular formula is C17H18N2O3S. The summed E-state index contributed by atoms with van der Waals surface area (Å²) in [5.41, 5.74) is 4.07. The molecule has 1 aliphatic carbocycles. The quantitative estimate of drug-likeness (QED) is 0.902. The molecule has 2 aromatic rings. The Morgan fingerprint density at radius 1 is 1.17 bits per heavy atom. The van der Waals surface area contributed by atoms with Crippen LogP contribution >= 0.6 is 0 Å². The number of nitrogens with one attached hydrogen (secondary N) is 1. The van der Waals surface area contributed by atoms with E-state index in [1.54, 1.807) is 0 Å². The summed E-state index contributed by atoms with van der Waals surface area (Å²) in [7, 11) is -3.74. The van der Waals surface area contributed by atoms with Gasteiger partial charge < -0.3 is 5.32 Å². The van der Waals surface area contributed by atoms with Crippen molar-refractivity contribution < 1.29 is 13.2 Å². The number of hydrogen-bond acceptors (Lipinski definition) is 3. The van der Waals surface area contributed by atoms with Crippen LogP contribution in [0.1, 0.15) is 39.5 Å². The van der Waals surface area contributed by atoms with E-state index in [9.17, 15) is 13.2 Å². The van der Waals surface area contributed by atoms with Gasteiger partial charge in [-0.05, 0) is 55.2 Å². The van der Waals surface area contributed by atoms with Gasteiger partial charge in [0.2, 0.25) is 10.0 Å². The van der Waals surface area contributed by atoms with E-state index in [0.29, 0.717) is 5.56 Å². The van der Waals surface area contributed by atoms with Crippen LogP contribution in [0, 0.1) is 6.92 Å². The number of hydrogen-bond donors (Lipinski definition) is 2. The summed E-state index contributed by atoms with van der Waals surface area (Å²) in [6.07, 6.45) is 1.83. The van der Waals surface area contributed by atoms with Crippen molar-refractivity contribution in [3.63, 3.8) is 0 Å². The van der Waals surface area contributed by atoms with E-state index in [1.807, 2.05) is 6.07 Å². The van der Waals surface area contributed by atoms with Crippen LogP contribution in [0.25, 0.3) is 0 Å². The number of sulfonamides is 1. The molecule has 0 unspecified atom stereocenters. The van der Waals surface area contributed by atoms with E-state index in [1.165, 1.54) is 35.4 Å². The minimum atomic E-state index is -3.74. The zero-order chi connectivity index (χ0) is 16.6. The first-order chi connectivity index (χ1) is 10.8. The third-order valence-corrected chi connectivity index (χ3v) is 5.06. The van der Waals surface area contributed by atoms with Gasteiger partial charge in [0.1, 0.15) is 0 Å². The second-order valence-corrected chi connectivity index (χ2v) is 7.40. The number of fused-ring (bicyclic) bond motifs is 1. The van der Waals surface area contributed by atoms with Gasteiger partial charge in [-0.15, -0.1) is 0 Å². The molecule has 3 N–H and O–H groups in total. The minimum Gasteiger partial charge on any atom is -0.345 e. The van der Waals surface area contributed by atoms with E-state index >= 15 is 0 Å². The van der Waals surface area contributed by atoms with Gasteiger partial charge in [-0.2, -0.15) is 0 Å². The number of nitrogens with two attached hydrogens (primary N) is 1. The van der Waals surface area contributed by atoms with Gasteiger partial charge in [-0.1, -0.05) is 23.8 Å². The number of aryl methyl sites for hydroxylation is 2. The molecule has 1 amide bonds. The Bertz CT molecular complexity index is 858. The molecule has 3 rings (SSSR count). The van der Waals surface area contributed by atoms with Crippen LogP contribution in [0.5, 0.6) is 0 Å². The average molecular weight is 330 g/mol. The van der Waals surface area contributed by atoms with Crippen LogP contribution in [-0.2, 0) is 16.4 Å². The molecule has 1 atom stereocenters. The Morgan fingerprint density at radius 2 is 1.87 bits per heavy atom. The van der Waals surface area contributed by atoms with Gasteiger partial charge >= 0.3 is 0 Å². The highest BCUT2D eigenvalue weighted by Gasteiger charge is 2.24. The van der Waals surface area contributed by atoms with E-state index < -0.39 is 10.0 Å². The molecular weight excluding hydrogens is 312 g/mol. The third kappa shape index (κ3) is 3.28. The van der Waals surface area contributed by atoms with Crippen molar-refractivity contribution in [1.29, 1.82) is 0 Å². The molecule has 0 radical (unpaired) electrons. The molecule has 0 heterocycles. The van der Waals surface area contributed by atoms with Crippen molar-refractivity contribution in [2.24, 2.45) is 5.14 Å². The van der Waals surface area contributed by atoms with Crippen molar-refractivity contribution in [2.45, 2.75) is 30.7 Å². The Morgan fingerprint density at radius 3 is 2.52 bits per heavy atom. The van der Waals surface area contributed by atoms with Gasteiger partial charge in [-0.3, -0.25) is 4.79 Å². The van der Waals surface area contributed by atoms with Gasteiger partial charge in [0.05, 0.1) is 10.9 Å². The van der Waals surface area contributed by atoms with Crippen LogP contribution in [-0.4, -0.2) is 14.3 Å². The van der Waals surface area contributed by atoms with E-state index in [4.69, 9.17) is 5.14 Å². The van der Waals surface area contributed by atoms with E-state index in [2.05, 4.69) is 24.4 Å². The highest BCUT2D eigenvalue weighted by Crippen LogP contribution is 2.31. The van der Waals surface area contributed by atoms with Gasteiger partial charge in [0, 0.05) is 5.56 Å². The van der Waals surface area contributed by atoms with Crippen LogP contribution < -0.4 is 10.5 Å². The molecule has 2 aromatic carbocycles. The predicted octanol–water partition coefficient (Wildman–Crippen LogP) is 2.06. The first-order valence-corrected chi connectivity index (χ1v) is 8.92. The Kier molecular flexibility index (Phi) is 3.95. The van der Waals surface area contributed by atoms with Crippen LogP contribution in [0.4, 0.5) is 0 Å². The molecule has 0 saturated carbocycles. The van der Waals surface area contributed by atoms with Gasteiger partial charge in [0.15, 0.2) is 0 Å². The number of benzene rings is 2. The molecule has 1 aliphatic rings. The summed E-state index contributed by atoms with van der Waals surface area (Å²) < 4.78 is 22.5. The number of rotatable bonds is 3. The molecule has 120 valence electrons. The highest BCUT2D eigenvalue weighted by molar-refractivity contribution is 7.89. The predicted molar refractivity (Wildman–Crippen MR) is 87.5 cm³/mol. The molecule has 0 bridgehead atoms. The molecule has 0 aromatic heterocycles. The molecule has 0 fully saturated rings. The molecule has 0 aliphatic heterocycles. The normalized spacial score (nSPS) is 16.9. The lowest BCUT2D eigenvalue weighted by atomic mass is 10.1. The molecule has 0 saturated heterocycles. The third-order valence-electron chi connectivity index (χ3n) is 4.13. The first-order valence-electron chi connectivity index (χ1n) is 7.38. The first kappa shape index (κ1) is 15.7. The Hall–Kier alpha value is -2.18. The average Bonchev–Trinajstić information content (AvgIpc) is 2.88. The lowest BCUT2D eigenvalue weighted by Crippen LogP contribution is -2.27. The van der Waals surface area contributed by atoms with E-state index in [0.717, 1.165) is 18.4 Å². The summed E-state index contributed by atoms with van der Waals surface area (Å²) >= 11 is 0. The second kappa shape index (κ2) is 5.79. The fraction of sp³-hybridized carbons (Fsp3) is 0.235.